The van der Waals surface area contributed by atoms with Crippen molar-refractivity contribution in [1.82, 2.24) is 5.32 Å². The Hall–Kier alpha value is -2.05. The molecule has 6 heteroatoms. The van der Waals surface area contributed by atoms with Crippen molar-refractivity contribution in [3.63, 3.8) is 0 Å². The van der Waals surface area contributed by atoms with Gasteiger partial charge in [0.15, 0.2) is 11.3 Å². The number of furan rings is 1. The van der Waals surface area contributed by atoms with Gasteiger partial charge in [-0.25, -0.2) is 4.79 Å². The molecule has 6 nitrogen and oxygen atoms in total. The van der Waals surface area contributed by atoms with Crippen LogP contribution in [0.3, 0.4) is 0 Å². The summed E-state index contributed by atoms with van der Waals surface area (Å²) in [6, 6.07) is 5.89. The molecule has 2 aromatic rings. The first kappa shape index (κ1) is 15.8. The molecule has 1 aromatic heterocycles. The molecule has 0 aliphatic carbocycles. The summed E-state index contributed by atoms with van der Waals surface area (Å²) in [7, 11) is 2.91. The Kier molecular flexibility index (Phi) is 4.83. The lowest BCUT2D eigenvalue weighted by molar-refractivity contribution is 0.0567. The Bertz CT molecular complexity index is 688. The van der Waals surface area contributed by atoms with Crippen LogP contribution in [0.2, 0.25) is 0 Å². The van der Waals surface area contributed by atoms with Crippen LogP contribution in [-0.4, -0.2) is 39.4 Å². The monoisotopic (exact) mass is 319 g/mol. The van der Waals surface area contributed by atoms with E-state index in [-0.39, 0.29) is 5.76 Å². The first-order chi connectivity index (χ1) is 11.2. The van der Waals surface area contributed by atoms with E-state index in [2.05, 4.69) is 5.32 Å². The summed E-state index contributed by atoms with van der Waals surface area (Å²) in [5.41, 5.74) is 1.61. The molecule has 1 aliphatic heterocycles. The second-order valence-electron chi connectivity index (χ2n) is 5.57. The molecule has 23 heavy (non-hydrogen) atoms. The Balaban J connectivity index is 1.87. The zero-order chi connectivity index (χ0) is 16.2. The van der Waals surface area contributed by atoms with Gasteiger partial charge in [-0.05, 0) is 30.5 Å². The molecule has 0 unspecified atom stereocenters. The molecule has 0 bridgehead atoms. The molecule has 1 aromatic carbocycles. The van der Waals surface area contributed by atoms with Crippen molar-refractivity contribution in [2.45, 2.75) is 25.4 Å². The fourth-order valence-electron chi connectivity index (χ4n) is 2.83. The molecule has 1 N–H and O–H groups in total. The number of ether oxygens (including phenoxy) is 3. The fraction of sp³-hybridized carbons (Fsp3) is 0.471. The average molecular weight is 319 g/mol. The minimum absolute atomic E-state index is 0.175. The first-order valence-corrected chi connectivity index (χ1v) is 7.71. The molecule has 1 atom stereocenters. The number of hydrogen-bond acceptors (Lipinski definition) is 6. The lowest BCUT2D eigenvalue weighted by Crippen LogP contribution is -2.36. The first-order valence-electron chi connectivity index (χ1n) is 7.71. The largest absolute Gasteiger partial charge is 0.493 e. The molecule has 0 spiro atoms. The Morgan fingerprint density at radius 2 is 2.26 bits per heavy atom. The topological polar surface area (TPSA) is 69.9 Å². The summed E-state index contributed by atoms with van der Waals surface area (Å²) < 4.78 is 21.2. The number of rotatable bonds is 5. The third-order valence-electron chi connectivity index (χ3n) is 4.09. The molecule has 124 valence electrons. The predicted molar refractivity (Wildman–Crippen MR) is 84.8 cm³/mol. The van der Waals surface area contributed by atoms with Gasteiger partial charge in [0.25, 0.3) is 0 Å². The standard InChI is InChI=1S/C17H21NO5/c1-20-14-6-5-11(9-18-12-4-3-7-22-10-12)13-8-15(17(19)21-2)23-16(13)14/h5-6,8,12,18H,3-4,7,9-10H2,1-2H3/t12-/m1/s1. The second kappa shape index (κ2) is 7.02. The average Bonchev–Trinajstić information content (AvgIpc) is 3.05. The van der Waals surface area contributed by atoms with Crippen LogP contribution in [0.4, 0.5) is 0 Å². The zero-order valence-corrected chi connectivity index (χ0v) is 13.4. The third kappa shape index (κ3) is 3.33. The van der Waals surface area contributed by atoms with Crippen LogP contribution in [0, 0.1) is 0 Å². The summed E-state index contributed by atoms with van der Waals surface area (Å²) in [5, 5.41) is 4.35. The SMILES string of the molecule is COC(=O)c1cc2c(CN[C@@H]3CCCOC3)ccc(OC)c2o1. The normalized spacial score (nSPS) is 18.1. The highest BCUT2D eigenvalue weighted by atomic mass is 16.5. The number of carbonyl (C=O) groups excluding carboxylic acids is 1. The van der Waals surface area contributed by atoms with Gasteiger partial charge in [0.1, 0.15) is 0 Å². The van der Waals surface area contributed by atoms with Crippen molar-refractivity contribution in [3.05, 3.63) is 29.5 Å². The quantitative estimate of drug-likeness (QED) is 0.854. The summed E-state index contributed by atoms with van der Waals surface area (Å²) in [5.74, 6) is 0.275. The van der Waals surface area contributed by atoms with E-state index in [4.69, 9.17) is 18.6 Å². The fourth-order valence-corrected chi connectivity index (χ4v) is 2.83. The van der Waals surface area contributed by atoms with Gasteiger partial charge in [0, 0.05) is 24.6 Å². The number of hydrogen-bond donors (Lipinski definition) is 1. The maximum Gasteiger partial charge on any atom is 0.373 e. The zero-order valence-electron chi connectivity index (χ0n) is 13.4. The lowest BCUT2D eigenvalue weighted by atomic mass is 10.1. The van der Waals surface area contributed by atoms with Crippen molar-refractivity contribution in [2.24, 2.45) is 0 Å². The number of nitrogens with one attached hydrogen (secondary N) is 1. The number of benzene rings is 1. The van der Waals surface area contributed by atoms with E-state index in [1.165, 1.54) is 7.11 Å². The summed E-state index contributed by atoms with van der Waals surface area (Å²) in [6.07, 6.45) is 2.19. The summed E-state index contributed by atoms with van der Waals surface area (Å²) in [4.78, 5) is 11.7. The van der Waals surface area contributed by atoms with Crippen LogP contribution in [0.5, 0.6) is 5.75 Å². The molecule has 1 aliphatic rings. The van der Waals surface area contributed by atoms with E-state index in [1.54, 1.807) is 13.2 Å². The summed E-state index contributed by atoms with van der Waals surface area (Å²) in [6.45, 7) is 2.25. The van der Waals surface area contributed by atoms with Gasteiger partial charge in [-0.15, -0.1) is 0 Å². The van der Waals surface area contributed by atoms with Crippen molar-refractivity contribution >= 4 is 16.9 Å². The number of esters is 1. The van der Waals surface area contributed by atoms with E-state index in [1.807, 2.05) is 12.1 Å². The molecule has 1 saturated heterocycles. The van der Waals surface area contributed by atoms with Gasteiger partial charge in [0.2, 0.25) is 5.76 Å². The minimum Gasteiger partial charge on any atom is -0.493 e. The predicted octanol–water partition coefficient (Wildman–Crippen LogP) is 2.50. The summed E-state index contributed by atoms with van der Waals surface area (Å²) >= 11 is 0. The highest BCUT2D eigenvalue weighted by Crippen LogP contribution is 2.32. The van der Waals surface area contributed by atoms with E-state index in [9.17, 15) is 4.79 Å². The highest BCUT2D eigenvalue weighted by Gasteiger charge is 2.19. The van der Waals surface area contributed by atoms with E-state index < -0.39 is 5.97 Å². The van der Waals surface area contributed by atoms with Gasteiger partial charge in [-0.1, -0.05) is 6.07 Å². The number of methoxy groups -OCH3 is 2. The van der Waals surface area contributed by atoms with E-state index in [0.29, 0.717) is 23.9 Å². The van der Waals surface area contributed by atoms with Crippen LogP contribution in [0.25, 0.3) is 11.0 Å². The molecule has 2 heterocycles. The third-order valence-corrected chi connectivity index (χ3v) is 4.09. The Morgan fingerprint density at radius 3 is 2.96 bits per heavy atom. The second-order valence-corrected chi connectivity index (χ2v) is 5.57. The molecule has 0 saturated carbocycles. The maximum atomic E-state index is 11.7. The van der Waals surface area contributed by atoms with Crippen molar-refractivity contribution < 1.29 is 23.4 Å². The molecule has 1 fully saturated rings. The Morgan fingerprint density at radius 1 is 1.39 bits per heavy atom. The van der Waals surface area contributed by atoms with Gasteiger partial charge in [-0.2, -0.15) is 0 Å². The van der Waals surface area contributed by atoms with E-state index >= 15 is 0 Å². The molecule has 0 radical (unpaired) electrons. The highest BCUT2D eigenvalue weighted by molar-refractivity contribution is 5.95. The molecular weight excluding hydrogens is 298 g/mol. The van der Waals surface area contributed by atoms with Crippen LogP contribution in [-0.2, 0) is 16.0 Å². The van der Waals surface area contributed by atoms with Crippen LogP contribution < -0.4 is 10.1 Å². The maximum absolute atomic E-state index is 11.7. The van der Waals surface area contributed by atoms with Gasteiger partial charge in [0.05, 0.1) is 20.8 Å². The minimum atomic E-state index is -0.497. The van der Waals surface area contributed by atoms with Crippen LogP contribution >= 0.6 is 0 Å². The smallest absolute Gasteiger partial charge is 0.373 e. The van der Waals surface area contributed by atoms with E-state index in [0.717, 1.165) is 37.0 Å². The van der Waals surface area contributed by atoms with Gasteiger partial charge >= 0.3 is 5.97 Å². The van der Waals surface area contributed by atoms with Crippen LogP contribution in [0.1, 0.15) is 29.0 Å². The van der Waals surface area contributed by atoms with Crippen molar-refractivity contribution in [1.29, 1.82) is 0 Å². The van der Waals surface area contributed by atoms with Crippen LogP contribution in [0.15, 0.2) is 22.6 Å². The number of carbonyl (C=O) groups is 1. The van der Waals surface area contributed by atoms with Crippen molar-refractivity contribution in [2.75, 3.05) is 27.4 Å². The van der Waals surface area contributed by atoms with Gasteiger partial charge < -0.3 is 23.9 Å². The van der Waals surface area contributed by atoms with Crippen molar-refractivity contribution in [3.8, 4) is 5.75 Å². The molecular formula is C17H21NO5. The Labute approximate surface area is 134 Å². The molecule has 0 amide bonds. The molecule has 3 rings (SSSR count). The van der Waals surface area contributed by atoms with Gasteiger partial charge in [-0.3, -0.25) is 0 Å². The number of fused-ring (bicyclic) bond motifs is 1. The lowest BCUT2D eigenvalue weighted by Gasteiger charge is -2.23.